The van der Waals surface area contributed by atoms with Crippen molar-refractivity contribution in [3.8, 4) is 0 Å². The number of thioether (sulfide) groups is 1. The molecule has 0 radical (unpaired) electrons. The van der Waals surface area contributed by atoms with Gasteiger partial charge >= 0.3 is 5.97 Å². The number of hydrogen-bond donors (Lipinski definition) is 1. The minimum Gasteiger partial charge on any atom is -0.477 e. The molecular weight excluding hydrogens is 248 g/mol. The van der Waals surface area contributed by atoms with Crippen LogP contribution in [0.1, 0.15) is 16.1 Å². The van der Waals surface area contributed by atoms with Crippen LogP contribution in [-0.4, -0.2) is 36.3 Å². The summed E-state index contributed by atoms with van der Waals surface area (Å²) in [5.74, 6) is -0.0155. The molecule has 1 saturated heterocycles. The first-order valence-corrected chi connectivity index (χ1v) is 6.76. The van der Waals surface area contributed by atoms with E-state index in [-0.39, 0.29) is 6.10 Å². The molecule has 0 bridgehead atoms. The van der Waals surface area contributed by atoms with Crippen LogP contribution in [0.25, 0.3) is 0 Å². The quantitative estimate of drug-likeness (QED) is 0.842. The summed E-state index contributed by atoms with van der Waals surface area (Å²) in [6, 6.07) is 1.71. The summed E-state index contributed by atoms with van der Waals surface area (Å²) >= 11 is 2.89. The fraction of sp³-hybridized carbons (Fsp3) is 0.500. The molecule has 1 atom stereocenters. The van der Waals surface area contributed by atoms with Gasteiger partial charge in [0.25, 0.3) is 0 Å². The summed E-state index contributed by atoms with van der Waals surface area (Å²) in [6.07, 6.45) is 1.12. The maximum absolute atomic E-state index is 10.7. The van der Waals surface area contributed by atoms with Gasteiger partial charge in [-0.3, -0.25) is 0 Å². The van der Waals surface area contributed by atoms with Crippen LogP contribution in [0, 0.1) is 0 Å². The number of carboxylic acid groups (broad SMARTS) is 1. The number of rotatable bonds is 4. The highest BCUT2D eigenvalue weighted by Gasteiger charge is 2.15. The van der Waals surface area contributed by atoms with Gasteiger partial charge in [-0.25, -0.2) is 4.79 Å². The second kappa shape index (κ2) is 5.67. The molecule has 16 heavy (non-hydrogen) atoms. The van der Waals surface area contributed by atoms with Gasteiger partial charge in [-0.15, -0.1) is 23.1 Å². The average Bonchev–Trinajstić information content (AvgIpc) is 2.76. The molecule has 0 aromatic carbocycles. The normalized spacial score (nSPS) is 20.9. The van der Waals surface area contributed by atoms with Crippen molar-refractivity contribution in [3.63, 3.8) is 0 Å². The molecule has 0 saturated carbocycles. The fourth-order valence-corrected chi connectivity index (χ4v) is 3.27. The SMILES string of the molecule is O=C(O)c1cc(SCC2CCOCO2)cs1. The first-order valence-electron chi connectivity index (χ1n) is 4.89. The predicted molar refractivity (Wildman–Crippen MR) is 62.3 cm³/mol. The van der Waals surface area contributed by atoms with Gasteiger partial charge in [0.1, 0.15) is 11.7 Å². The van der Waals surface area contributed by atoms with Crippen LogP contribution in [0.2, 0.25) is 0 Å². The van der Waals surface area contributed by atoms with Gasteiger partial charge in [-0.2, -0.15) is 0 Å². The Labute approximate surface area is 102 Å². The molecule has 2 heterocycles. The van der Waals surface area contributed by atoms with Crippen LogP contribution < -0.4 is 0 Å². The summed E-state index contributed by atoms with van der Waals surface area (Å²) in [5, 5.41) is 10.6. The molecule has 0 spiro atoms. The zero-order valence-electron chi connectivity index (χ0n) is 8.55. The van der Waals surface area contributed by atoms with Crippen molar-refractivity contribution in [1.82, 2.24) is 0 Å². The van der Waals surface area contributed by atoms with Crippen LogP contribution in [0.3, 0.4) is 0 Å². The van der Waals surface area contributed by atoms with E-state index < -0.39 is 5.97 Å². The van der Waals surface area contributed by atoms with E-state index in [0.717, 1.165) is 23.7 Å². The third kappa shape index (κ3) is 3.21. The Morgan fingerprint density at radius 2 is 2.56 bits per heavy atom. The van der Waals surface area contributed by atoms with Crippen molar-refractivity contribution < 1.29 is 19.4 Å². The molecule has 4 nitrogen and oxygen atoms in total. The largest absolute Gasteiger partial charge is 0.477 e. The standard InChI is InChI=1S/C10H12O4S2/c11-10(12)9-3-8(5-16-9)15-4-7-1-2-13-6-14-7/h3,5,7H,1-2,4,6H2,(H,11,12). The van der Waals surface area contributed by atoms with E-state index in [1.54, 1.807) is 17.8 Å². The lowest BCUT2D eigenvalue weighted by Crippen LogP contribution is -2.25. The van der Waals surface area contributed by atoms with Crippen LogP contribution >= 0.6 is 23.1 Å². The van der Waals surface area contributed by atoms with Crippen molar-refractivity contribution in [3.05, 3.63) is 16.3 Å². The van der Waals surface area contributed by atoms with Crippen LogP contribution in [0.15, 0.2) is 16.3 Å². The molecule has 1 aromatic heterocycles. The van der Waals surface area contributed by atoms with Crippen molar-refractivity contribution in [2.45, 2.75) is 17.4 Å². The highest BCUT2D eigenvalue weighted by Crippen LogP contribution is 2.26. The first kappa shape index (κ1) is 11.9. The maximum Gasteiger partial charge on any atom is 0.345 e. The van der Waals surface area contributed by atoms with Crippen molar-refractivity contribution in [2.75, 3.05) is 19.2 Å². The molecule has 1 fully saturated rings. The van der Waals surface area contributed by atoms with E-state index in [2.05, 4.69) is 0 Å². The van der Waals surface area contributed by atoms with Gasteiger partial charge in [-0.1, -0.05) is 0 Å². The van der Waals surface area contributed by atoms with Gasteiger partial charge < -0.3 is 14.6 Å². The number of hydrogen-bond acceptors (Lipinski definition) is 5. The van der Waals surface area contributed by atoms with Crippen molar-refractivity contribution in [2.24, 2.45) is 0 Å². The van der Waals surface area contributed by atoms with Gasteiger partial charge in [-0.05, 0) is 12.5 Å². The van der Waals surface area contributed by atoms with Gasteiger partial charge in [0.05, 0.1) is 12.7 Å². The number of carbonyl (C=O) groups is 1. The molecule has 1 N–H and O–H groups in total. The van der Waals surface area contributed by atoms with Gasteiger partial charge in [0, 0.05) is 16.0 Å². The first-order chi connectivity index (χ1) is 7.75. The molecular formula is C10H12O4S2. The smallest absolute Gasteiger partial charge is 0.345 e. The highest BCUT2D eigenvalue weighted by molar-refractivity contribution is 7.99. The average molecular weight is 260 g/mol. The van der Waals surface area contributed by atoms with Gasteiger partial charge in [0.2, 0.25) is 0 Å². The fourth-order valence-electron chi connectivity index (χ4n) is 1.33. The minimum absolute atomic E-state index is 0.215. The predicted octanol–water partition coefficient (Wildman–Crippen LogP) is 2.30. The van der Waals surface area contributed by atoms with E-state index in [4.69, 9.17) is 14.6 Å². The molecule has 1 aliphatic rings. The summed E-state index contributed by atoms with van der Waals surface area (Å²) in [6.45, 7) is 1.12. The number of aromatic carboxylic acids is 1. The Kier molecular flexibility index (Phi) is 4.22. The second-order valence-corrected chi connectivity index (χ2v) is 5.37. The summed E-state index contributed by atoms with van der Waals surface area (Å²) in [5.41, 5.74) is 0. The Hall–Kier alpha value is -0.560. The summed E-state index contributed by atoms with van der Waals surface area (Å²) < 4.78 is 10.5. The van der Waals surface area contributed by atoms with E-state index in [1.807, 2.05) is 5.38 Å². The van der Waals surface area contributed by atoms with E-state index in [1.165, 1.54) is 11.3 Å². The Balaban J connectivity index is 1.81. The lowest BCUT2D eigenvalue weighted by atomic mass is 10.3. The van der Waals surface area contributed by atoms with E-state index >= 15 is 0 Å². The third-order valence-electron chi connectivity index (χ3n) is 2.19. The van der Waals surface area contributed by atoms with Crippen LogP contribution in [-0.2, 0) is 9.47 Å². The zero-order valence-corrected chi connectivity index (χ0v) is 10.2. The third-order valence-corrected chi connectivity index (χ3v) is 4.37. The molecule has 88 valence electrons. The number of thiophene rings is 1. The molecule has 0 amide bonds. The monoisotopic (exact) mass is 260 g/mol. The molecule has 1 aromatic rings. The number of carboxylic acids is 1. The second-order valence-electron chi connectivity index (χ2n) is 3.37. The minimum atomic E-state index is -0.862. The lowest BCUT2D eigenvalue weighted by Gasteiger charge is -2.21. The Bertz CT molecular complexity index is 357. The summed E-state index contributed by atoms with van der Waals surface area (Å²) in [7, 11) is 0. The van der Waals surface area contributed by atoms with E-state index in [9.17, 15) is 4.79 Å². The molecule has 1 unspecified atom stereocenters. The topological polar surface area (TPSA) is 55.8 Å². The van der Waals surface area contributed by atoms with Crippen LogP contribution in [0.5, 0.6) is 0 Å². The Morgan fingerprint density at radius 3 is 3.19 bits per heavy atom. The zero-order chi connectivity index (χ0) is 11.4. The molecule has 0 aliphatic carbocycles. The number of ether oxygens (including phenoxy) is 2. The van der Waals surface area contributed by atoms with Crippen molar-refractivity contribution in [1.29, 1.82) is 0 Å². The van der Waals surface area contributed by atoms with Crippen molar-refractivity contribution >= 4 is 29.1 Å². The lowest BCUT2D eigenvalue weighted by molar-refractivity contribution is -0.130. The summed E-state index contributed by atoms with van der Waals surface area (Å²) in [4.78, 5) is 12.1. The van der Waals surface area contributed by atoms with E-state index in [0.29, 0.717) is 11.7 Å². The van der Waals surface area contributed by atoms with Crippen LogP contribution in [0.4, 0.5) is 0 Å². The maximum atomic E-state index is 10.7. The molecule has 1 aliphatic heterocycles. The molecule has 6 heteroatoms. The molecule has 2 rings (SSSR count). The highest BCUT2D eigenvalue weighted by atomic mass is 32.2. The Morgan fingerprint density at radius 1 is 1.69 bits per heavy atom. The van der Waals surface area contributed by atoms with Gasteiger partial charge in [0.15, 0.2) is 0 Å².